The first kappa shape index (κ1) is 11.8. The molecule has 3 heteroatoms. The predicted molar refractivity (Wildman–Crippen MR) is 71.9 cm³/mol. The van der Waals surface area contributed by atoms with Crippen LogP contribution in [0.15, 0.2) is 42.1 Å². The van der Waals surface area contributed by atoms with Gasteiger partial charge < -0.3 is 5.32 Å². The highest BCUT2D eigenvalue weighted by atomic mass is 16.7. The van der Waals surface area contributed by atoms with Gasteiger partial charge >= 0.3 is 0 Å². The Morgan fingerprint density at radius 3 is 2.61 bits per heavy atom. The van der Waals surface area contributed by atoms with Gasteiger partial charge in [0.1, 0.15) is 5.60 Å². The van der Waals surface area contributed by atoms with E-state index in [1.165, 1.54) is 11.3 Å². The molecule has 0 unspecified atom stereocenters. The van der Waals surface area contributed by atoms with E-state index in [-0.39, 0.29) is 5.60 Å². The van der Waals surface area contributed by atoms with Crippen molar-refractivity contribution in [3.05, 3.63) is 47.7 Å². The van der Waals surface area contributed by atoms with E-state index in [1.807, 2.05) is 0 Å². The Hall–Kier alpha value is -1.32. The summed E-state index contributed by atoms with van der Waals surface area (Å²) < 4.78 is 0. The normalized spacial score (nSPS) is 21.7. The number of benzene rings is 1. The highest BCUT2D eigenvalue weighted by molar-refractivity contribution is 5.19. The molecular weight excluding hydrogens is 224 g/mol. The minimum absolute atomic E-state index is 0.0444. The van der Waals surface area contributed by atoms with Crippen LogP contribution in [0.2, 0.25) is 0 Å². The summed E-state index contributed by atoms with van der Waals surface area (Å²) in [6.07, 6.45) is 6.52. The van der Waals surface area contributed by atoms with Crippen molar-refractivity contribution in [1.82, 2.24) is 10.8 Å². The molecule has 0 saturated carbocycles. The van der Waals surface area contributed by atoms with Crippen LogP contribution >= 0.6 is 0 Å². The quantitative estimate of drug-likeness (QED) is 0.855. The molecule has 0 bridgehead atoms. The molecule has 1 saturated heterocycles. The molecule has 1 aromatic rings. The van der Waals surface area contributed by atoms with Gasteiger partial charge in [-0.15, -0.1) is 0 Å². The second kappa shape index (κ2) is 5.12. The van der Waals surface area contributed by atoms with Crippen LogP contribution in [0.5, 0.6) is 0 Å². The Bertz CT molecular complexity index is 421. The molecule has 3 rings (SSSR count). The molecule has 2 aliphatic heterocycles. The first-order chi connectivity index (χ1) is 8.86. The summed E-state index contributed by atoms with van der Waals surface area (Å²) in [5.74, 6) is 0. The Morgan fingerprint density at radius 2 is 1.83 bits per heavy atom. The first-order valence-electron chi connectivity index (χ1n) is 6.77. The second-order valence-corrected chi connectivity index (χ2v) is 5.17. The number of allylic oxidation sites excluding steroid dienone is 1. The van der Waals surface area contributed by atoms with Crippen molar-refractivity contribution in [2.45, 2.75) is 31.3 Å². The van der Waals surface area contributed by atoms with Crippen molar-refractivity contribution in [2.24, 2.45) is 0 Å². The number of aryl methyl sites for hydroxylation is 1. The highest BCUT2D eigenvalue weighted by Crippen LogP contribution is 2.30. The third-order valence-corrected chi connectivity index (χ3v) is 3.80. The van der Waals surface area contributed by atoms with Gasteiger partial charge in [0.2, 0.25) is 0 Å². The second-order valence-electron chi connectivity index (χ2n) is 5.17. The molecule has 1 fully saturated rings. The highest BCUT2D eigenvalue weighted by Gasteiger charge is 2.35. The van der Waals surface area contributed by atoms with Crippen LogP contribution in [-0.2, 0) is 11.3 Å². The number of hydrogen-bond acceptors (Lipinski definition) is 3. The standard InChI is InChI=1S/C15H20N2O/c1-2-4-13(5-3-1)6-7-14-12-15(18-17-14)8-10-16-11-9-15/h1-5,12,16-17H,6-11H2. The largest absolute Gasteiger partial charge is 0.316 e. The summed E-state index contributed by atoms with van der Waals surface area (Å²) in [6, 6.07) is 10.6. The van der Waals surface area contributed by atoms with Crippen molar-refractivity contribution in [2.75, 3.05) is 13.1 Å². The van der Waals surface area contributed by atoms with Gasteiger partial charge in [-0.25, -0.2) is 0 Å². The fourth-order valence-electron chi connectivity index (χ4n) is 2.69. The number of hydrogen-bond donors (Lipinski definition) is 2. The molecule has 2 heterocycles. The Balaban J connectivity index is 1.59. The molecule has 96 valence electrons. The minimum Gasteiger partial charge on any atom is -0.316 e. The van der Waals surface area contributed by atoms with Gasteiger partial charge in [0.25, 0.3) is 0 Å². The summed E-state index contributed by atoms with van der Waals surface area (Å²) >= 11 is 0. The van der Waals surface area contributed by atoms with Gasteiger partial charge in [0.15, 0.2) is 0 Å². The molecule has 0 amide bonds. The van der Waals surface area contributed by atoms with E-state index in [1.54, 1.807) is 0 Å². The number of piperidine rings is 1. The lowest BCUT2D eigenvalue weighted by atomic mass is 9.91. The lowest BCUT2D eigenvalue weighted by Gasteiger charge is -2.29. The van der Waals surface area contributed by atoms with E-state index in [2.05, 4.69) is 47.2 Å². The van der Waals surface area contributed by atoms with Crippen molar-refractivity contribution in [3.8, 4) is 0 Å². The van der Waals surface area contributed by atoms with Gasteiger partial charge in [0.05, 0.1) is 0 Å². The summed E-state index contributed by atoms with van der Waals surface area (Å²) in [6.45, 7) is 2.09. The van der Waals surface area contributed by atoms with Gasteiger partial charge in [-0.05, 0) is 50.4 Å². The number of rotatable bonds is 3. The summed E-state index contributed by atoms with van der Waals surface area (Å²) in [4.78, 5) is 5.80. The van der Waals surface area contributed by atoms with Crippen molar-refractivity contribution in [1.29, 1.82) is 0 Å². The Labute approximate surface area is 108 Å². The smallest absolute Gasteiger partial charge is 0.118 e. The van der Waals surface area contributed by atoms with Crippen LogP contribution in [0.25, 0.3) is 0 Å². The maximum absolute atomic E-state index is 5.80. The van der Waals surface area contributed by atoms with Crippen LogP contribution in [-0.4, -0.2) is 18.7 Å². The maximum atomic E-state index is 5.80. The predicted octanol–water partition coefficient (Wildman–Crippen LogP) is 2.16. The number of nitrogens with one attached hydrogen (secondary N) is 2. The van der Waals surface area contributed by atoms with Crippen LogP contribution in [0.4, 0.5) is 0 Å². The molecule has 1 spiro atoms. The minimum atomic E-state index is -0.0444. The molecule has 3 nitrogen and oxygen atoms in total. The molecule has 1 aromatic carbocycles. The lowest BCUT2D eigenvalue weighted by Crippen LogP contribution is -2.41. The zero-order chi connectivity index (χ0) is 12.3. The van der Waals surface area contributed by atoms with Gasteiger partial charge in [-0.3, -0.25) is 10.3 Å². The number of hydroxylamine groups is 1. The topological polar surface area (TPSA) is 33.3 Å². The molecule has 2 aliphatic rings. The van der Waals surface area contributed by atoms with E-state index in [4.69, 9.17) is 4.84 Å². The zero-order valence-electron chi connectivity index (χ0n) is 10.6. The third-order valence-electron chi connectivity index (χ3n) is 3.80. The molecule has 0 aromatic heterocycles. The SMILES string of the molecule is C1=C(CCc2ccccc2)NOC12CCNCC2. The molecule has 0 atom stereocenters. The molecule has 2 N–H and O–H groups in total. The fraction of sp³-hybridized carbons (Fsp3) is 0.467. The van der Waals surface area contributed by atoms with Gasteiger partial charge in [0, 0.05) is 5.70 Å². The van der Waals surface area contributed by atoms with Crippen LogP contribution in [0, 0.1) is 0 Å². The van der Waals surface area contributed by atoms with Crippen molar-refractivity contribution in [3.63, 3.8) is 0 Å². The maximum Gasteiger partial charge on any atom is 0.118 e. The molecule has 0 aliphatic carbocycles. The van der Waals surface area contributed by atoms with Gasteiger partial charge in [-0.1, -0.05) is 30.3 Å². The fourth-order valence-corrected chi connectivity index (χ4v) is 2.69. The lowest BCUT2D eigenvalue weighted by molar-refractivity contribution is -0.0573. The molecule has 0 radical (unpaired) electrons. The van der Waals surface area contributed by atoms with E-state index < -0.39 is 0 Å². The average Bonchev–Trinajstić information content (AvgIpc) is 2.82. The summed E-state index contributed by atoms with van der Waals surface area (Å²) in [5, 5.41) is 3.37. The van der Waals surface area contributed by atoms with E-state index in [0.717, 1.165) is 38.8 Å². The molecule has 18 heavy (non-hydrogen) atoms. The average molecular weight is 244 g/mol. The van der Waals surface area contributed by atoms with E-state index in [0.29, 0.717) is 0 Å². The van der Waals surface area contributed by atoms with Gasteiger partial charge in [-0.2, -0.15) is 0 Å². The van der Waals surface area contributed by atoms with Crippen molar-refractivity contribution >= 4 is 0 Å². The third kappa shape index (κ3) is 2.57. The monoisotopic (exact) mass is 244 g/mol. The Kier molecular flexibility index (Phi) is 3.35. The zero-order valence-corrected chi connectivity index (χ0v) is 10.6. The van der Waals surface area contributed by atoms with Crippen molar-refractivity contribution < 1.29 is 4.84 Å². The van der Waals surface area contributed by atoms with Crippen LogP contribution < -0.4 is 10.8 Å². The summed E-state index contributed by atoms with van der Waals surface area (Å²) in [7, 11) is 0. The molecular formula is C15H20N2O. The van der Waals surface area contributed by atoms with E-state index >= 15 is 0 Å². The first-order valence-corrected chi connectivity index (χ1v) is 6.77. The summed E-state index contributed by atoms with van der Waals surface area (Å²) in [5.41, 5.74) is 5.69. The Morgan fingerprint density at radius 1 is 1.06 bits per heavy atom. The van der Waals surface area contributed by atoms with Crippen LogP contribution in [0.3, 0.4) is 0 Å². The van der Waals surface area contributed by atoms with E-state index in [9.17, 15) is 0 Å². The van der Waals surface area contributed by atoms with Crippen LogP contribution in [0.1, 0.15) is 24.8 Å².